The monoisotopic (exact) mass is 393 g/mol. The van der Waals surface area contributed by atoms with Gasteiger partial charge in [-0.25, -0.2) is 8.42 Å². The van der Waals surface area contributed by atoms with Crippen molar-refractivity contribution in [3.8, 4) is 5.75 Å². The van der Waals surface area contributed by atoms with Crippen molar-refractivity contribution in [3.63, 3.8) is 0 Å². The number of aliphatic hydroxyl groups is 1. The van der Waals surface area contributed by atoms with Gasteiger partial charge < -0.3 is 15.2 Å². The summed E-state index contributed by atoms with van der Waals surface area (Å²) in [6.07, 6.45) is 6.95. The van der Waals surface area contributed by atoms with Gasteiger partial charge in [-0.15, -0.1) is 0 Å². The van der Waals surface area contributed by atoms with Gasteiger partial charge in [0.05, 0.1) is 5.60 Å². The summed E-state index contributed by atoms with van der Waals surface area (Å²) in [6, 6.07) is 6.65. The number of hydrogen-bond donors (Lipinski definition) is 2. The van der Waals surface area contributed by atoms with Crippen LogP contribution in [0.1, 0.15) is 48.9 Å². The first kappa shape index (κ1) is 18.7. The predicted molar refractivity (Wildman–Crippen MR) is 101 cm³/mol. The van der Waals surface area contributed by atoms with Gasteiger partial charge in [0.1, 0.15) is 5.75 Å². The summed E-state index contributed by atoms with van der Waals surface area (Å²) >= 11 is 0. The summed E-state index contributed by atoms with van der Waals surface area (Å²) in [4.78, 5) is 12.7. The van der Waals surface area contributed by atoms with Gasteiger partial charge in [-0.1, -0.05) is 0 Å². The molecule has 3 aliphatic carbocycles. The Morgan fingerprint density at radius 1 is 1.22 bits per heavy atom. The fourth-order valence-corrected chi connectivity index (χ4v) is 5.78. The lowest BCUT2D eigenvalue weighted by atomic mass is 9.77. The molecule has 27 heavy (non-hydrogen) atoms. The molecule has 3 saturated carbocycles. The van der Waals surface area contributed by atoms with E-state index in [0.717, 1.165) is 38.4 Å². The Bertz CT molecular complexity index is 821. The molecule has 0 spiro atoms. The highest BCUT2D eigenvalue weighted by Gasteiger charge is 2.53. The lowest BCUT2D eigenvalue weighted by Crippen LogP contribution is -2.41. The van der Waals surface area contributed by atoms with Crippen molar-refractivity contribution < 1.29 is 23.1 Å². The first-order valence-corrected chi connectivity index (χ1v) is 11.7. The van der Waals surface area contributed by atoms with E-state index in [1.807, 2.05) is 0 Å². The van der Waals surface area contributed by atoms with Crippen LogP contribution in [0.2, 0.25) is 0 Å². The van der Waals surface area contributed by atoms with Crippen LogP contribution in [0.5, 0.6) is 5.75 Å². The zero-order valence-corrected chi connectivity index (χ0v) is 16.4. The number of ether oxygens (including phenoxy) is 1. The number of sulfone groups is 1. The summed E-state index contributed by atoms with van der Waals surface area (Å²) in [5.41, 5.74) is 0.0182. The molecule has 0 heterocycles. The molecule has 6 nitrogen and oxygen atoms in total. The molecule has 1 aromatic carbocycles. The van der Waals surface area contributed by atoms with Crippen LogP contribution in [0, 0.1) is 17.8 Å². The van der Waals surface area contributed by atoms with E-state index in [4.69, 9.17) is 4.74 Å². The van der Waals surface area contributed by atoms with E-state index in [1.54, 1.807) is 24.3 Å². The minimum atomic E-state index is -3.21. The van der Waals surface area contributed by atoms with Crippen molar-refractivity contribution in [1.29, 1.82) is 0 Å². The van der Waals surface area contributed by atoms with E-state index < -0.39 is 15.4 Å². The Morgan fingerprint density at radius 2 is 1.96 bits per heavy atom. The highest BCUT2D eigenvalue weighted by molar-refractivity contribution is 7.90. The molecule has 2 N–H and O–H groups in total. The van der Waals surface area contributed by atoms with Gasteiger partial charge >= 0.3 is 0 Å². The standard InChI is InChI=1S/C20H27NO5S/c1-27(24,25)12-26-16-5-3-14(4-6-16)19(22)21-18-7-2-13-8-15-10-20(23,9-13)11-17(15)18/h3-6,13,15,17-18,23H,2,7-12H2,1H3,(H,21,22). The predicted octanol–water partition coefficient (Wildman–Crippen LogP) is 2.13. The van der Waals surface area contributed by atoms with Crippen LogP contribution in [-0.2, 0) is 9.84 Å². The second kappa shape index (κ2) is 6.78. The number of carbonyl (C=O) groups excluding carboxylic acids is 1. The lowest BCUT2D eigenvalue weighted by Gasteiger charge is -2.33. The summed E-state index contributed by atoms with van der Waals surface area (Å²) < 4.78 is 27.5. The second-order valence-corrected chi connectivity index (χ2v) is 10.8. The van der Waals surface area contributed by atoms with Gasteiger partial charge in [-0.2, -0.15) is 0 Å². The van der Waals surface area contributed by atoms with E-state index >= 15 is 0 Å². The average Bonchev–Trinajstić information content (AvgIpc) is 2.78. The van der Waals surface area contributed by atoms with Gasteiger partial charge in [0.15, 0.2) is 15.8 Å². The molecule has 1 aromatic rings. The molecular formula is C20H27NO5S. The van der Waals surface area contributed by atoms with Crippen LogP contribution < -0.4 is 10.1 Å². The smallest absolute Gasteiger partial charge is 0.251 e. The van der Waals surface area contributed by atoms with Crippen molar-refractivity contribution in [2.24, 2.45) is 17.8 Å². The number of fused-ring (bicyclic) bond motifs is 2. The molecule has 0 aliphatic heterocycles. The summed E-state index contributed by atoms with van der Waals surface area (Å²) in [5.74, 6) is 1.39. The molecule has 0 aromatic heterocycles. The number of benzene rings is 1. The van der Waals surface area contributed by atoms with Crippen molar-refractivity contribution in [1.82, 2.24) is 5.32 Å². The van der Waals surface area contributed by atoms with E-state index in [-0.39, 0.29) is 17.9 Å². The SMILES string of the molecule is CS(=O)(=O)COc1ccc(C(=O)NC2CCC3CC4CC(O)(C3)CC42)cc1. The number of rotatable bonds is 5. The normalized spacial score (nSPS) is 34.9. The third kappa shape index (κ3) is 4.14. The molecule has 3 bridgehead atoms. The van der Waals surface area contributed by atoms with Gasteiger partial charge in [0, 0.05) is 17.9 Å². The van der Waals surface area contributed by atoms with Gasteiger partial charge in [-0.05, 0) is 80.5 Å². The highest BCUT2D eigenvalue weighted by atomic mass is 32.2. The number of hydrogen-bond acceptors (Lipinski definition) is 5. The molecule has 3 aliphatic rings. The van der Waals surface area contributed by atoms with E-state index in [2.05, 4.69) is 5.32 Å². The Kier molecular flexibility index (Phi) is 4.71. The molecule has 7 heteroatoms. The van der Waals surface area contributed by atoms with Gasteiger partial charge in [-0.3, -0.25) is 4.79 Å². The van der Waals surface area contributed by atoms with Crippen molar-refractivity contribution in [2.75, 3.05) is 12.2 Å². The molecule has 5 atom stereocenters. The number of carbonyl (C=O) groups is 1. The van der Waals surface area contributed by atoms with Gasteiger partial charge in [0.25, 0.3) is 5.91 Å². The van der Waals surface area contributed by atoms with E-state index in [9.17, 15) is 18.3 Å². The molecular weight excluding hydrogens is 366 g/mol. The Balaban J connectivity index is 1.40. The maximum Gasteiger partial charge on any atom is 0.251 e. The molecule has 3 fully saturated rings. The summed E-state index contributed by atoms with van der Waals surface area (Å²) in [6.45, 7) is 0. The first-order chi connectivity index (χ1) is 12.7. The van der Waals surface area contributed by atoms with Crippen LogP contribution in [0.3, 0.4) is 0 Å². The van der Waals surface area contributed by atoms with Crippen LogP contribution in [0.4, 0.5) is 0 Å². The fraction of sp³-hybridized carbons (Fsp3) is 0.650. The largest absolute Gasteiger partial charge is 0.478 e. The van der Waals surface area contributed by atoms with Crippen LogP contribution in [-0.4, -0.2) is 43.3 Å². The maximum atomic E-state index is 12.7. The molecule has 0 radical (unpaired) electrons. The third-order valence-electron chi connectivity index (χ3n) is 6.44. The Morgan fingerprint density at radius 3 is 2.67 bits per heavy atom. The maximum absolute atomic E-state index is 12.7. The van der Waals surface area contributed by atoms with Crippen LogP contribution >= 0.6 is 0 Å². The minimum Gasteiger partial charge on any atom is -0.478 e. The molecule has 4 rings (SSSR count). The Labute approximate surface area is 160 Å². The molecule has 1 amide bonds. The fourth-order valence-electron chi connectivity index (χ4n) is 5.43. The molecule has 148 valence electrons. The topological polar surface area (TPSA) is 92.7 Å². The number of amides is 1. The minimum absolute atomic E-state index is 0.114. The average molecular weight is 394 g/mol. The molecule has 0 saturated heterocycles. The summed E-state index contributed by atoms with van der Waals surface area (Å²) in [5, 5.41) is 14.0. The Hall–Kier alpha value is -1.60. The molecule has 5 unspecified atom stereocenters. The van der Waals surface area contributed by atoms with Crippen LogP contribution in [0.15, 0.2) is 24.3 Å². The van der Waals surface area contributed by atoms with Crippen LogP contribution in [0.25, 0.3) is 0 Å². The zero-order chi connectivity index (χ0) is 19.2. The van der Waals surface area contributed by atoms with Crippen molar-refractivity contribution in [2.45, 2.75) is 50.2 Å². The quantitative estimate of drug-likeness (QED) is 0.799. The van der Waals surface area contributed by atoms with E-state index in [1.165, 1.54) is 6.42 Å². The number of nitrogens with one attached hydrogen (secondary N) is 1. The lowest BCUT2D eigenvalue weighted by molar-refractivity contribution is -0.00594. The zero-order valence-electron chi connectivity index (χ0n) is 15.6. The van der Waals surface area contributed by atoms with Gasteiger partial charge in [0.2, 0.25) is 0 Å². The summed E-state index contributed by atoms with van der Waals surface area (Å²) in [7, 11) is -3.21. The second-order valence-electron chi connectivity index (χ2n) is 8.73. The third-order valence-corrected chi connectivity index (χ3v) is 6.99. The first-order valence-electron chi connectivity index (χ1n) is 9.65. The van der Waals surface area contributed by atoms with E-state index in [0.29, 0.717) is 29.1 Å². The highest BCUT2D eigenvalue weighted by Crippen LogP contribution is 2.55. The van der Waals surface area contributed by atoms with Crippen molar-refractivity contribution >= 4 is 15.7 Å². The van der Waals surface area contributed by atoms with Crippen molar-refractivity contribution in [3.05, 3.63) is 29.8 Å².